The number of aliphatic imine (C=N–C) groups is 1. The molecule has 2 rings (SSSR count). The minimum atomic E-state index is -0.915. The van der Waals surface area contributed by atoms with E-state index in [2.05, 4.69) is 25.4 Å². The van der Waals surface area contributed by atoms with E-state index >= 15 is 0 Å². The zero-order valence-corrected chi connectivity index (χ0v) is 23.6. The average Bonchev–Trinajstić information content (AvgIpc) is 2.83. The normalized spacial score (nSPS) is 12.1. The molecule has 0 aromatic heterocycles. The maximum absolute atomic E-state index is 9.62. The lowest BCUT2D eigenvalue weighted by atomic mass is 10.0. The van der Waals surface area contributed by atoms with E-state index in [0.29, 0.717) is 17.3 Å². The smallest absolute Gasteiger partial charge is 0.221 e. The number of benzene rings is 2. The largest absolute Gasteiger partial charge is 0.490 e. The van der Waals surface area contributed by atoms with Gasteiger partial charge in [-0.1, -0.05) is 33.8 Å². The van der Waals surface area contributed by atoms with E-state index in [9.17, 15) is 5.11 Å². The van der Waals surface area contributed by atoms with Crippen LogP contribution in [-0.2, 0) is 11.2 Å². The summed E-state index contributed by atoms with van der Waals surface area (Å²) in [7, 11) is 1.60. The van der Waals surface area contributed by atoms with Gasteiger partial charge in [-0.15, -0.1) is 0 Å². The first-order chi connectivity index (χ1) is 17.0. The standard InChI is InChI=1S/C27H37NO5.C3H8/c1-9-21-13-22(10-19(6)26(21)32-15-24(30)14-29)20(7)28-27(31-8)23-11-17(4)25(18(5)12-23)33-16(2)3;1-3-2/h10-13,16,24,29-30H,7,9,14-15H2,1-6,8H3;3H2,1-2H3. The molecule has 0 bridgehead atoms. The number of rotatable bonds is 10. The summed E-state index contributed by atoms with van der Waals surface area (Å²) in [4.78, 5) is 4.69. The van der Waals surface area contributed by atoms with Crippen molar-refractivity contribution in [3.8, 4) is 11.5 Å². The van der Waals surface area contributed by atoms with Crippen LogP contribution >= 0.6 is 0 Å². The molecule has 0 fully saturated rings. The van der Waals surface area contributed by atoms with Gasteiger partial charge in [-0.3, -0.25) is 0 Å². The van der Waals surface area contributed by atoms with Crippen molar-refractivity contribution in [2.75, 3.05) is 20.3 Å². The highest BCUT2D eigenvalue weighted by Crippen LogP contribution is 2.30. The molecule has 0 aliphatic rings. The topological polar surface area (TPSA) is 80.5 Å². The Bertz CT molecular complexity index is 1000. The van der Waals surface area contributed by atoms with Crippen LogP contribution in [0.3, 0.4) is 0 Å². The van der Waals surface area contributed by atoms with Gasteiger partial charge in [-0.05, 0) is 87.6 Å². The van der Waals surface area contributed by atoms with E-state index in [0.717, 1.165) is 45.6 Å². The Morgan fingerprint density at radius 1 is 0.944 bits per heavy atom. The molecule has 36 heavy (non-hydrogen) atoms. The molecule has 2 aromatic carbocycles. The molecule has 200 valence electrons. The second-order valence-electron chi connectivity index (χ2n) is 9.16. The van der Waals surface area contributed by atoms with E-state index in [-0.39, 0.29) is 19.3 Å². The van der Waals surface area contributed by atoms with Crippen LogP contribution < -0.4 is 9.47 Å². The lowest BCUT2D eigenvalue weighted by Gasteiger charge is -2.18. The van der Waals surface area contributed by atoms with Crippen LogP contribution in [-0.4, -0.2) is 48.6 Å². The number of nitrogens with zero attached hydrogens (tertiary/aromatic N) is 1. The van der Waals surface area contributed by atoms with Crippen LogP contribution in [0.15, 0.2) is 35.8 Å². The number of aryl methyl sites for hydroxylation is 4. The highest BCUT2D eigenvalue weighted by Gasteiger charge is 2.15. The van der Waals surface area contributed by atoms with Crippen LogP contribution in [0.1, 0.15) is 74.4 Å². The number of aliphatic hydroxyl groups is 2. The van der Waals surface area contributed by atoms with Crippen LogP contribution in [0.5, 0.6) is 11.5 Å². The minimum Gasteiger partial charge on any atom is -0.490 e. The lowest BCUT2D eigenvalue weighted by molar-refractivity contribution is 0.0531. The Balaban J connectivity index is 0.00000205. The number of ether oxygens (including phenoxy) is 3. The molecule has 0 aliphatic heterocycles. The number of methoxy groups -OCH3 is 1. The fourth-order valence-electron chi connectivity index (χ4n) is 3.63. The zero-order valence-electron chi connectivity index (χ0n) is 23.6. The summed E-state index contributed by atoms with van der Waals surface area (Å²) in [5.74, 6) is 2.07. The molecule has 0 aliphatic carbocycles. The Kier molecular flexibility index (Phi) is 13.3. The SMILES string of the molecule is C=C(N=C(OC)c1cc(C)c(OC(C)C)c(C)c1)c1cc(C)c(OCC(O)CO)c(CC)c1.CCC. The second-order valence-corrected chi connectivity index (χ2v) is 9.16. The van der Waals surface area contributed by atoms with E-state index < -0.39 is 6.10 Å². The summed E-state index contributed by atoms with van der Waals surface area (Å²) in [6, 6.07) is 7.96. The van der Waals surface area contributed by atoms with Crippen LogP contribution in [0.25, 0.3) is 5.70 Å². The van der Waals surface area contributed by atoms with E-state index in [1.54, 1.807) is 7.11 Å². The monoisotopic (exact) mass is 499 g/mol. The van der Waals surface area contributed by atoms with Crippen molar-refractivity contribution in [3.63, 3.8) is 0 Å². The summed E-state index contributed by atoms with van der Waals surface area (Å²) in [5.41, 5.74) is 6.22. The van der Waals surface area contributed by atoms with Crippen LogP contribution in [0, 0.1) is 20.8 Å². The molecule has 0 amide bonds. The van der Waals surface area contributed by atoms with Crippen molar-refractivity contribution in [3.05, 3.63) is 64.2 Å². The van der Waals surface area contributed by atoms with Crippen molar-refractivity contribution in [1.82, 2.24) is 0 Å². The molecule has 0 spiro atoms. The summed E-state index contributed by atoms with van der Waals surface area (Å²) < 4.78 is 17.3. The van der Waals surface area contributed by atoms with E-state index in [1.165, 1.54) is 6.42 Å². The zero-order chi connectivity index (χ0) is 27.4. The molecule has 0 saturated carbocycles. The molecule has 2 N–H and O–H groups in total. The lowest BCUT2D eigenvalue weighted by Crippen LogP contribution is -2.22. The Labute approximate surface area is 217 Å². The predicted molar refractivity (Wildman–Crippen MR) is 149 cm³/mol. The van der Waals surface area contributed by atoms with E-state index in [1.807, 2.05) is 65.8 Å². The molecular formula is C30H45NO5. The maximum Gasteiger partial charge on any atom is 0.221 e. The molecule has 1 unspecified atom stereocenters. The second kappa shape index (κ2) is 15.3. The van der Waals surface area contributed by atoms with Gasteiger partial charge in [-0.25, -0.2) is 4.99 Å². The summed E-state index contributed by atoms with van der Waals surface area (Å²) in [6.45, 7) is 20.1. The molecule has 6 heteroatoms. The third-order valence-corrected chi connectivity index (χ3v) is 5.19. The van der Waals surface area contributed by atoms with Gasteiger partial charge in [0.1, 0.15) is 24.2 Å². The quantitative estimate of drug-likeness (QED) is 0.302. The molecule has 0 radical (unpaired) electrons. The molecule has 6 nitrogen and oxygen atoms in total. The minimum absolute atomic E-state index is 0.0336. The number of hydrogen-bond donors (Lipinski definition) is 2. The summed E-state index contributed by atoms with van der Waals surface area (Å²) >= 11 is 0. The third-order valence-electron chi connectivity index (χ3n) is 5.19. The first-order valence-electron chi connectivity index (χ1n) is 12.7. The van der Waals surface area contributed by atoms with Gasteiger partial charge < -0.3 is 24.4 Å². The highest BCUT2D eigenvalue weighted by atomic mass is 16.5. The van der Waals surface area contributed by atoms with Gasteiger partial charge in [0.05, 0.1) is 25.5 Å². The fourth-order valence-corrected chi connectivity index (χ4v) is 3.63. The number of hydrogen-bond acceptors (Lipinski definition) is 6. The Hall–Kier alpha value is -2.83. The predicted octanol–water partition coefficient (Wildman–Crippen LogP) is 6.17. The van der Waals surface area contributed by atoms with Crippen molar-refractivity contribution >= 4 is 11.6 Å². The van der Waals surface area contributed by atoms with Gasteiger partial charge in [0.15, 0.2) is 0 Å². The summed E-state index contributed by atoms with van der Waals surface area (Å²) in [5, 5.41) is 18.7. The first-order valence-corrected chi connectivity index (χ1v) is 12.7. The van der Waals surface area contributed by atoms with Crippen molar-refractivity contribution in [2.24, 2.45) is 4.99 Å². The van der Waals surface area contributed by atoms with Crippen LogP contribution in [0.4, 0.5) is 0 Å². The first kappa shape index (κ1) is 31.2. The van der Waals surface area contributed by atoms with Gasteiger partial charge in [0.25, 0.3) is 0 Å². The molecule has 2 aromatic rings. The average molecular weight is 500 g/mol. The summed E-state index contributed by atoms with van der Waals surface area (Å²) in [6.07, 6.45) is 1.17. The van der Waals surface area contributed by atoms with Crippen molar-refractivity contribution in [1.29, 1.82) is 0 Å². The molecule has 1 atom stereocenters. The van der Waals surface area contributed by atoms with E-state index in [4.69, 9.17) is 19.3 Å². The highest BCUT2D eigenvalue weighted by molar-refractivity contribution is 5.98. The third kappa shape index (κ3) is 8.99. The molecular weight excluding hydrogens is 454 g/mol. The fraction of sp³-hybridized carbons (Fsp3) is 0.500. The van der Waals surface area contributed by atoms with Gasteiger partial charge in [0.2, 0.25) is 5.90 Å². The Morgan fingerprint density at radius 3 is 1.94 bits per heavy atom. The molecule has 0 heterocycles. The molecule has 0 saturated heterocycles. The van der Waals surface area contributed by atoms with Crippen molar-refractivity contribution in [2.45, 2.75) is 80.4 Å². The Morgan fingerprint density at radius 2 is 1.47 bits per heavy atom. The number of aliphatic hydroxyl groups excluding tert-OH is 2. The van der Waals surface area contributed by atoms with Gasteiger partial charge in [-0.2, -0.15) is 0 Å². The van der Waals surface area contributed by atoms with Gasteiger partial charge in [0, 0.05) is 11.1 Å². The van der Waals surface area contributed by atoms with Crippen molar-refractivity contribution < 1.29 is 24.4 Å². The maximum atomic E-state index is 9.62. The van der Waals surface area contributed by atoms with Crippen LogP contribution in [0.2, 0.25) is 0 Å². The van der Waals surface area contributed by atoms with Gasteiger partial charge >= 0.3 is 0 Å².